The molecule has 0 aromatic heterocycles. The summed E-state index contributed by atoms with van der Waals surface area (Å²) in [5, 5.41) is 0. The SMILES string of the molecule is [2H]C1([2H])CCC2(C)C3CCC4(C)C(C(C)CCCC(C)C)CCC4C3CC[C@H]2C1. The maximum absolute atomic E-state index is 8.34. The summed E-state index contributed by atoms with van der Waals surface area (Å²) in [7, 11) is 0. The van der Waals surface area contributed by atoms with Gasteiger partial charge in [-0.3, -0.25) is 0 Å². The van der Waals surface area contributed by atoms with Crippen LogP contribution in [0.15, 0.2) is 0 Å². The molecule has 0 heterocycles. The van der Waals surface area contributed by atoms with Gasteiger partial charge in [0, 0.05) is 2.74 Å². The van der Waals surface area contributed by atoms with Gasteiger partial charge in [0.1, 0.15) is 0 Å². The van der Waals surface area contributed by atoms with E-state index in [1.54, 1.807) is 0 Å². The summed E-state index contributed by atoms with van der Waals surface area (Å²) in [6, 6.07) is 0. The quantitative estimate of drug-likeness (QED) is 0.452. The summed E-state index contributed by atoms with van der Waals surface area (Å²) < 4.78 is 16.7. The van der Waals surface area contributed by atoms with Crippen molar-refractivity contribution in [3.05, 3.63) is 0 Å². The van der Waals surface area contributed by atoms with Crippen molar-refractivity contribution in [2.75, 3.05) is 0 Å². The van der Waals surface area contributed by atoms with Gasteiger partial charge in [-0.2, -0.15) is 0 Å². The molecule has 7 unspecified atom stereocenters. The molecule has 0 amide bonds. The Morgan fingerprint density at radius 2 is 1.63 bits per heavy atom. The molecule has 0 heteroatoms. The first-order valence-corrected chi connectivity index (χ1v) is 12.6. The normalized spacial score (nSPS) is 51.0. The highest BCUT2D eigenvalue weighted by atomic mass is 14.6. The largest absolute Gasteiger partial charge is 0.0628 e. The van der Waals surface area contributed by atoms with E-state index in [0.717, 1.165) is 54.8 Å². The average Bonchev–Trinajstić information content (AvgIpc) is 2.99. The average molecular weight is 375 g/mol. The van der Waals surface area contributed by atoms with E-state index in [-0.39, 0.29) is 0 Å². The summed E-state index contributed by atoms with van der Waals surface area (Å²) >= 11 is 0. The van der Waals surface area contributed by atoms with Crippen LogP contribution >= 0.6 is 0 Å². The molecule has 0 N–H and O–H groups in total. The van der Waals surface area contributed by atoms with Crippen molar-refractivity contribution in [1.82, 2.24) is 0 Å². The van der Waals surface area contributed by atoms with Gasteiger partial charge in [-0.05, 0) is 104 Å². The van der Waals surface area contributed by atoms with Crippen molar-refractivity contribution < 1.29 is 2.74 Å². The van der Waals surface area contributed by atoms with E-state index in [1.165, 1.54) is 57.8 Å². The topological polar surface area (TPSA) is 0 Å². The van der Waals surface area contributed by atoms with Crippen molar-refractivity contribution in [1.29, 1.82) is 0 Å². The Hall–Kier alpha value is 0. The van der Waals surface area contributed by atoms with Gasteiger partial charge in [-0.1, -0.05) is 66.7 Å². The monoisotopic (exact) mass is 374 g/mol. The Labute approximate surface area is 173 Å². The zero-order chi connectivity index (χ0) is 21.0. The van der Waals surface area contributed by atoms with Crippen molar-refractivity contribution in [2.45, 2.75) is 118 Å². The molecule has 0 aromatic carbocycles. The third kappa shape index (κ3) is 3.44. The predicted octanol–water partition coefficient (Wildman–Crippen LogP) is 8.50. The van der Waals surface area contributed by atoms with E-state index in [9.17, 15) is 0 Å². The maximum atomic E-state index is 8.34. The molecule has 0 aliphatic heterocycles. The van der Waals surface area contributed by atoms with Gasteiger partial charge in [0.2, 0.25) is 0 Å². The molecule has 4 saturated carbocycles. The van der Waals surface area contributed by atoms with Gasteiger partial charge in [0.15, 0.2) is 0 Å². The third-order valence-corrected chi connectivity index (χ3v) is 10.5. The molecule has 0 saturated heterocycles. The predicted molar refractivity (Wildman–Crippen MR) is 118 cm³/mol. The molecular weight excluding hydrogens is 324 g/mol. The highest BCUT2D eigenvalue weighted by Gasteiger charge is 2.59. The minimum absolute atomic E-state index is 0.427. The lowest BCUT2D eigenvalue weighted by Gasteiger charge is -2.61. The fraction of sp³-hybridized carbons (Fsp3) is 1.00. The molecule has 8 atom stereocenters. The van der Waals surface area contributed by atoms with Crippen LogP contribution in [0, 0.1) is 52.3 Å². The fourth-order valence-corrected chi connectivity index (χ4v) is 8.92. The lowest BCUT2D eigenvalue weighted by molar-refractivity contribution is -0.114. The second-order valence-electron chi connectivity index (χ2n) is 12.1. The molecule has 4 aliphatic rings. The summed E-state index contributed by atoms with van der Waals surface area (Å²) in [6.07, 6.45) is 14.7. The van der Waals surface area contributed by atoms with Crippen LogP contribution < -0.4 is 0 Å². The summed E-state index contributed by atoms with van der Waals surface area (Å²) in [6.45, 7) is 12.6. The first-order valence-electron chi connectivity index (χ1n) is 13.6. The van der Waals surface area contributed by atoms with E-state index in [4.69, 9.17) is 2.74 Å². The van der Waals surface area contributed by atoms with Gasteiger partial charge in [-0.25, -0.2) is 0 Å². The zero-order valence-corrected chi connectivity index (χ0v) is 19.0. The van der Waals surface area contributed by atoms with Gasteiger partial charge in [0.05, 0.1) is 0 Å². The van der Waals surface area contributed by atoms with Crippen LogP contribution in [0.1, 0.15) is 121 Å². The van der Waals surface area contributed by atoms with Crippen molar-refractivity contribution in [2.24, 2.45) is 52.3 Å². The molecule has 4 fully saturated rings. The van der Waals surface area contributed by atoms with Crippen LogP contribution in [0.4, 0.5) is 0 Å². The lowest BCUT2D eigenvalue weighted by atomic mass is 9.44. The minimum Gasteiger partial charge on any atom is -0.0628 e. The molecule has 27 heavy (non-hydrogen) atoms. The molecule has 0 bridgehead atoms. The standard InChI is InChI=1S/C27H48/c1-19(2)9-8-10-20(3)23-14-15-24-22-13-12-21-11-6-7-17-26(21,4)25(22)16-18-27(23,24)5/h19-25H,6-18H2,1-5H3/t20?,21-,22?,23?,24?,25?,26?,27?/m1/s1/i6D2. The van der Waals surface area contributed by atoms with Crippen LogP contribution in [-0.2, 0) is 0 Å². The van der Waals surface area contributed by atoms with E-state index in [2.05, 4.69) is 34.6 Å². The van der Waals surface area contributed by atoms with Crippen LogP contribution in [0.25, 0.3) is 0 Å². The molecule has 0 radical (unpaired) electrons. The second kappa shape index (κ2) is 7.68. The molecule has 0 spiro atoms. The smallest absolute Gasteiger partial charge is 0.0267 e. The highest BCUT2D eigenvalue weighted by Crippen LogP contribution is 2.68. The lowest BCUT2D eigenvalue weighted by Crippen LogP contribution is -2.53. The third-order valence-electron chi connectivity index (χ3n) is 10.5. The number of hydrogen-bond acceptors (Lipinski definition) is 0. The Morgan fingerprint density at radius 1 is 0.852 bits per heavy atom. The maximum Gasteiger partial charge on any atom is 0.0267 e. The summed E-state index contributed by atoms with van der Waals surface area (Å²) in [4.78, 5) is 0. The first kappa shape index (κ1) is 17.8. The van der Waals surface area contributed by atoms with Gasteiger partial charge in [-0.15, -0.1) is 0 Å². The molecule has 4 aliphatic carbocycles. The van der Waals surface area contributed by atoms with E-state index >= 15 is 0 Å². The molecule has 0 aromatic rings. The van der Waals surface area contributed by atoms with E-state index in [1.807, 2.05) is 0 Å². The number of rotatable bonds is 5. The van der Waals surface area contributed by atoms with Gasteiger partial charge in [0.25, 0.3) is 0 Å². The second-order valence-corrected chi connectivity index (χ2v) is 12.1. The van der Waals surface area contributed by atoms with E-state index in [0.29, 0.717) is 16.7 Å². The summed E-state index contributed by atoms with van der Waals surface area (Å²) in [5.74, 6) is 6.11. The van der Waals surface area contributed by atoms with Crippen LogP contribution in [0.5, 0.6) is 0 Å². The Balaban J connectivity index is 1.46. The zero-order valence-electron chi connectivity index (χ0n) is 21.0. The van der Waals surface area contributed by atoms with Crippen LogP contribution in [-0.4, -0.2) is 0 Å². The number of fused-ring (bicyclic) bond motifs is 5. The summed E-state index contributed by atoms with van der Waals surface area (Å²) in [5.41, 5.74) is 1.02. The Morgan fingerprint density at radius 3 is 2.41 bits per heavy atom. The molecule has 156 valence electrons. The Kier molecular flexibility index (Phi) is 5.07. The van der Waals surface area contributed by atoms with Gasteiger partial charge < -0.3 is 0 Å². The fourth-order valence-electron chi connectivity index (χ4n) is 8.92. The molecule has 4 rings (SSSR count). The molecular formula is C27H48. The van der Waals surface area contributed by atoms with Crippen molar-refractivity contribution in [3.8, 4) is 0 Å². The van der Waals surface area contributed by atoms with E-state index < -0.39 is 6.37 Å². The minimum atomic E-state index is -0.899. The van der Waals surface area contributed by atoms with Crippen molar-refractivity contribution >= 4 is 0 Å². The van der Waals surface area contributed by atoms with Crippen LogP contribution in [0.2, 0.25) is 0 Å². The Bertz CT molecular complexity index is 583. The highest BCUT2D eigenvalue weighted by molar-refractivity contribution is 5.09. The van der Waals surface area contributed by atoms with Crippen LogP contribution in [0.3, 0.4) is 0 Å². The van der Waals surface area contributed by atoms with Crippen molar-refractivity contribution in [3.63, 3.8) is 0 Å². The van der Waals surface area contributed by atoms with Gasteiger partial charge >= 0.3 is 0 Å². The number of hydrogen-bond donors (Lipinski definition) is 0. The first-order chi connectivity index (χ1) is 13.6. The molecule has 0 nitrogen and oxygen atoms in total.